The van der Waals surface area contributed by atoms with E-state index in [4.69, 9.17) is 4.74 Å². The predicted octanol–water partition coefficient (Wildman–Crippen LogP) is 2.10. The maximum atomic E-state index is 11.3. The highest BCUT2D eigenvalue weighted by Crippen LogP contribution is 2.30. The number of ether oxygens (including phenoxy) is 1. The van der Waals surface area contributed by atoms with E-state index in [9.17, 15) is 9.59 Å². The van der Waals surface area contributed by atoms with Crippen molar-refractivity contribution in [2.75, 3.05) is 0 Å². The molecular formula is C13H14O3. The minimum atomic E-state index is -0.416. The minimum Gasteiger partial charge on any atom is -0.460 e. The highest BCUT2D eigenvalue weighted by Gasteiger charge is 2.30. The summed E-state index contributed by atoms with van der Waals surface area (Å²) in [6.45, 7) is 0.248. The Morgan fingerprint density at radius 2 is 1.88 bits per heavy atom. The molecule has 0 saturated heterocycles. The maximum Gasteiger partial charge on any atom is 0.313 e. The molecule has 0 N–H and O–H groups in total. The zero-order valence-corrected chi connectivity index (χ0v) is 9.02. The van der Waals surface area contributed by atoms with Gasteiger partial charge < -0.3 is 4.74 Å². The van der Waals surface area contributed by atoms with Gasteiger partial charge in [0.05, 0.1) is 0 Å². The summed E-state index contributed by atoms with van der Waals surface area (Å²) in [5.41, 5.74) is 0.940. The van der Waals surface area contributed by atoms with Crippen LogP contribution in [0.4, 0.5) is 0 Å². The third-order valence-electron chi connectivity index (χ3n) is 2.59. The zero-order chi connectivity index (χ0) is 11.4. The Kier molecular flexibility index (Phi) is 3.34. The van der Waals surface area contributed by atoms with Crippen molar-refractivity contribution < 1.29 is 14.3 Å². The molecule has 1 aromatic rings. The van der Waals surface area contributed by atoms with Crippen LogP contribution < -0.4 is 0 Å². The van der Waals surface area contributed by atoms with Gasteiger partial charge in [-0.25, -0.2) is 0 Å². The lowest BCUT2D eigenvalue weighted by Crippen LogP contribution is -2.12. The molecule has 1 aliphatic rings. The molecule has 0 spiro atoms. The van der Waals surface area contributed by atoms with Gasteiger partial charge in [-0.05, 0) is 18.4 Å². The number of carbonyl (C=O) groups is 2. The van der Waals surface area contributed by atoms with Gasteiger partial charge in [0.1, 0.15) is 18.8 Å². The first-order chi connectivity index (χ1) is 7.75. The summed E-state index contributed by atoms with van der Waals surface area (Å²) in [4.78, 5) is 22.6. The number of ketones is 1. The number of rotatable bonds is 5. The topological polar surface area (TPSA) is 43.4 Å². The number of Topliss-reactive ketones (excluding diaryl/α,β-unsaturated/α-hetero) is 1. The predicted molar refractivity (Wildman–Crippen MR) is 58.6 cm³/mol. The van der Waals surface area contributed by atoms with E-state index < -0.39 is 5.97 Å². The average Bonchev–Trinajstić information content (AvgIpc) is 3.11. The van der Waals surface area contributed by atoms with Crippen molar-refractivity contribution >= 4 is 11.8 Å². The number of hydrogen-bond acceptors (Lipinski definition) is 3. The van der Waals surface area contributed by atoms with Gasteiger partial charge in [0.2, 0.25) is 0 Å². The van der Waals surface area contributed by atoms with Crippen molar-refractivity contribution in [1.82, 2.24) is 0 Å². The van der Waals surface area contributed by atoms with Crippen LogP contribution in [0.1, 0.15) is 24.8 Å². The molecule has 0 aromatic heterocycles. The molecule has 1 saturated carbocycles. The molecule has 0 atom stereocenters. The van der Waals surface area contributed by atoms with E-state index in [-0.39, 0.29) is 24.7 Å². The van der Waals surface area contributed by atoms with E-state index in [1.165, 1.54) is 0 Å². The molecule has 0 bridgehead atoms. The van der Waals surface area contributed by atoms with Crippen LogP contribution in [0.2, 0.25) is 0 Å². The first kappa shape index (κ1) is 10.9. The lowest BCUT2D eigenvalue weighted by atomic mass is 10.2. The second-order valence-electron chi connectivity index (χ2n) is 4.06. The SMILES string of the molecule is O=C(CC(=O)C1CC1)OCc1ccccc1. The zero-order valence-electron chi connectivity index (χ0n) is 9.02. The van der Waals surface area contributed by atoms with Gasteiger partial charge in [0, 0.05) is 5.92 Å². The minimum absolute atomic E-state index is 0.0260. The van der Waals surface area contributed by atoms with Gasteiger partial charge in [-0.2, -0.15) is 0 Å². The third-order valence-corrected chi connectivity index (χ3v) is 2.59. The second kappa shape index (κ2) is 4.92. The van der Waals surface area contributed by atoms with Crippen LogP contribution in [0.5, 0.6) is 0 Å². The van der Waals surface area contributed by atoms with Crippen LogP contribution in [-0.4, -0.2) is 11.8 Å². The molecule has 0 amide bonds. The standard InChI is InChI=1S/C13H14O3/c14-12(11-6-7-11)8-13(15)16-9-10-4-2-1-3-5-10/h1-5,11H,6-9H2. The number of esters is 1. The molecular weight excluding hydrogens is 204 g/mol. The van der Waals surface area contributed by atoms with Crippen LogP contribution >= 0.6 is 0 Å². The molecule has 1 aliphatic carbocycles. The molecule has 1 fully saturated rings. The highest BCUT2D eigenvalue weighted by molar-refractivity contribution is 5.97. The van der Waals surface area contributed by atoms with Crippen LogP contribution in [0, 0.1) is 5.92 Å². The van der Waals surface area contributed by atoms with Gasteiger partial charge in [0.15, 0.2) is 0 Å². The summed E-state index contributed by atoms with van der Waals surface area (Å²) in [6.07, 6.45) is 1.80. The number of hydrogen-bond donors (Lipinski definition) is 0. The summed E-state index contributed by atoms with van der Waals surface area (Å²) in [5.74, 6) is -0.261. The van der Waals surface area contributed by atoms with Gasteiger partial charge in [0.25, 0.3) is 0 Å². The first-order valence-electron chi connectivity index (χ1n) is 5.48. The monoisotopic (exact) mass is 218 g/mol. The quantitative estimate of drug-likeness (QED) is 0.561. The smallest absolute Gasteiger partial charge is 0.313 e. The van der Waals surface area contributed by atoms with Gasteiger partial charge >= 0.3 is 5.97 Å². The first-order valence-corrected chi connectivity index (χ1v) is 5.48. The Bertz CT molecular complexity index is 379. The summed E-state index contributed by atoms with van der Waals surface area (Å²) < 4.78 is 5.02. The molecule has 0 unspecified atom stereocenters. The van der Waals surface area contributed by atoms with Gasteiger partial charge in [-0.1, -0.05) is 30.3 Å². The fraction of sp³-hybridized carbons (Fsp3) is 0.385. The molecule has 2 rings (SSSR count). The van der Waals surface area contributed by atoms with Crippen molar-refractivity contribution in [3.8, 4) is 0 Å². The fourth-order valence-corrected chi connectivity index (χ4v) is 1.48. The molecule has 3 nitrogen and oxygen atoms in total. The Balaban J connectivity index is 1.73. The van der Waals surface area contributed by atoms with E-state index in [1.54, 1.807) is 0 Å². The molecule has 0 radical (unpaired) electrons. The normalized spacial score (nSPS) is 14.5. The van der Waals surface area contributed by atoms with Crippen molar-refractivity contribution in [1.29, 1.82) is 0 Å². The fourth-order valence-electron chi connectivity index (χ4n) is 1.48. The summed E-state index contributed by atoms with van der Waals surface area (Å²) in [7, 11) is 0. The van der Waals surface area contributed by atoms with Gasteiger partial charge in [-0.3, -0.25) is 9.59 Å². The lowest BCUT2D eigenvalue weighted by molar-refractivity contribution is -0.147. The van der Waals surface area contributed by atoms with Crippen molar-refractivity contribution in [3.63, 3.8) is 0 Å². The Hall–Kier alpha value is -1.64. The lowest BCUT2D eigenvalue weighted by Gasteiger charge is -2.03. The largest absolute Gasteiger partial charge is 0.460 e. The second-order valence-corrected chi connectivity index (χ2v) is 4.06. The van der Waals surface area contributed by atoms with E-state index in [1.807, 2.05) is 30.3 Å². The number of carbonyl (C=O) groups excluding carboxylic acids is 2. The van der Waals surface area contributed by atoms with Crippen LogP contribution in [0.25, 0.3) is 0 Å². The molecule has 0 heterocycles. The van der Waals surface area contributed by atoms with Crippen molar-refractivity contribution in [2.45, 2.75) is 25.9 Å². The van der Waals surface area contributed by atoms with E-state index in [2.05, 4.69) is 0 Å². The van der Waals surface area contributed by atoms with Crippen LogP contribution in [0.3, 0.4) is 0 Å². The molecule has 84 valence electrons. The summed E-state index contributed by atoms with van der Waals surface area (Å²) >= 11 is 0. The molecule has 0 aliphatic heterocycles. The third kappa shape index (κ3) is 3.19. The summed E-state index contributed by atoms with van der Waals surface area (Å²) in [5, 5.41) is 0. The molecule has 3 heteroatoms. The van der Waals surface area contributed by atoms with E-state index in [0.717, 1.165) is 18.4 Å². The van der Waals surface area contributed by atoms with Gasteiger partial charge in [-0.15, -0.1) is 0 Å². The molecule has 16 heavy (non-hydrogen) atoms. The summed E-state index contributed by atoms with van der Waals surface area (Å²) in [6, 6.07) is 9.45. The van der Waals surface area contributed by atoms with Crippen LogP contribution in [-0.2, 0) is 20.9 Å². The maximum absolute atomic E-state index is 11.3. The number of benzene rings is 1. The Morgan fingerprint density at radius 1 is 1.19 bits per heavy atom. The van der Waals surface area contributed by atoms with Crippen LogP contribution in [0.15, 0.2) is 30.3 Å². The van der Waals surface area contributed by atoms with Crippen molar-refractivity contribution in [2.24, 2.45) is 5.92 Å². The van der Waals surface area contributed by atoms with Crippen molar-refractivity contribution in [3.05, 3.63) is 35.9 Å². The average molecular weight is 218 g/mol. The Morgan fingerprint density at radius 3 is 2.50 bits per heavy atom. The molecule has 1 aromatic carbocycles. The Labute approximate surface area is 94.4 Å². The van der Waals surface area contributed by atoms with E-state index >= 15 is 0 Å². The highest BCUT2D eigenvalue weighted by atomic mass is 16.5. The van der Waals surface area contributed by atoms with E-state index in [0.29, 0.717) is 0 Å².